The van der Waals surface area contributed by atoms with E-state index in [0.717, 1.165) is 34.4 Å². The smallest absolute Gasteiger partial charge is 0.293 e. The van der Waals surface area contributed by atoms with Crippen LogP contribution in [-0.4, -0.2) is 13.1 Å². The molecule has 0 saturated heterocycles. The topological polar surface area (TPSA) is 29.5 Å². The number of carbonyl (C=O) groups is 1. The summed E-state index contributed by atoms with van der Waals surface area (Å²) in [5, 5.41) is 2.10. The van der Waals surface area contributed by atoms with E-state index in [1.54, 1.807) is 11.3 Å². The molecule has 0 aliphatic carbocycles. The van der Waals surface area contributed by atoms with E-state index < -0.39 is 0 Å². The van der Waals surface area contributed by atoms with Gasteiger partial charge in [-0.1, -0.05) is 46.3 Å². The fraction of sp³-hybridized carbons (Fsp3) is 0.115. The Morgan fingerprint density at radius 3 is 2.03 bits per heavy atom. The minimum atomic E-state index is 0.451. The highest BCUT2D eigenvalue weighted by Crippen LogP contribution is 2.36. The van der Waals surface area contributed by atoms with Crippen molar-refractivity contribution in [3.63, 3.8) is 0 Å². The van der Waals surface area contributed by atoms with Crippen molar-refractivity contribution in [1.82, 2.24) is 0 Å². The van der Waals surface area contributed by atoms with Crippen LogP contribution in [0.25, 0.3) is 10.4 Å². The van der Waals surface area contributed by atoms with Gasteiger partial charge < -0.3 is 9.64 Å². The van der Waals surface area contributed by atoms with Crippen LogP contribution in [0.15, 0.2) is 94.8 Å². The Kier molecular flexibility index (Phi) is 7.18. The minimum Gasteiger partial charge on any atom is -0.468 e. The summed E-state index contributed by atoms with van der Waals surface area (Å²) in [6.07, 6.45) is 1.70. The van der Waals surface area contributed by atoms with E-state index in [0.29, 0.717) is 13.1 Å². The zero-order valence-electron chi connectivity index (χ0n) is 16.9. The molecule has 0 saturated carbocycles. The van der Waals surface area contributed by atoms with Gasteiger partial charge in [0, 0.05) is 26.4 Å². The summed E-state index contributed by atoms with van der Waals surface area (Å²) in [5.74, 6) is 0. The zero-order chi connectivity index (χ0) is 21.5. The predicted molar refractivity (Wildman–Crippen MR) is 132 cm³/mol. The van der Waals surface area contributed by atoms with Crippen molar-refractivity contribution >= 4 is 50.8 Å². The van der Waals surface area contributed by atoms with Crippen molar-refractivity contribution < 1.29 is 9.53 Å². The first kappa shape index (κ1) is 21.3. The number of anilines is 3. The Labute approximate surface area is 195 Å². The number of hydrogen-bond acceptors (Lipinski definition) is 4. The lowest BCUT2D eigenvalue weighted by molar-refractivity contribution is -0.128. The fourth-order valence-corrected chi connectivity index (χ4v) is 4.47. The number of hydrogen-bond donors (Lipinski definition) is 0. The summed E-state index contributed by atoms with van der Waals surface area (Å²) in [6.45, 7) is 0.954. The average molecular weight is 492 g/mol. The van der Waals surface area contributed by atoms with Crippen molar-refractivity contribution in [3.05, 3.63) is 100 Å². The predicted octanol–water partition coefficient (Wildman–Crippen LogP) is 7.75. The standard InChI is InChI=1S/C26H22BrNO2S/c27-22-9-15-25(16-10-22)28(23-11-5-20(6-12-23)3-1-17-30-19-29)24-13-7-21(8-14-24)26-4-2-18-31-26/h2,4-16,18-19H,1,3,17H2. The van der Waals surface area contributed by atoms with E-state index in [2.05, 4.69) is 111 Å². The summed E-state index contributed by atoms with van der Waals surface area (Å²) < 4.78 is 5.84. The molecule has 0 aliphatic heterocycles. The molecule has 0 aliphatic rings. The number of carbonyl (C=O) groups excluding carboxylic acids is 1. The largest absolute Gasteiger partial charge is 0.468 e. The Bertz CT molecular complexity index is 1090. The summed E-state index contributed by atoms with van der Waals surface area (Å²) in [4.78, 5) is 13.8. The number of thiophene rings is 1. The second kappa shape index (κ2) is 10.4. The van der Waals surface area contributed by atoms with E-state index in [1.165, 1.54) is 16.0 Å². The second-order valence-electron chi connectivity index (χ2n) is 7.07. The maximum atomic E-state index is 10.3. The van der Waals surface area contributed by atoms with Crippen LogP contribution in [0.3, 0.4) is 0 Å². The molecule has 0 atom stereocenters. The van der Waals surface area contributed by atoms with Crippen molar-refractivity contribution in [2.75, 3.05) is 11.5 Å². The maximum Gasteiger partial charge on any atom is 0.293 e. The van der Waals surface area contributed by atoms with Crippen LogP contribution in [0.1, 0.15) is 12.0 Å². The van der Waals surface area contributed by atoms with E-state index in [-0.39, 0.29) is 0 Å². The molecule has 156 valence electrons. The first-order chi connectivity index (χ1) is 15.2. The van der Waals surface area contributed by atoms with Crippen molar-refractivity contribution in [1.29, 1.82) is 0 Å². The lowest BCUT2D eigenvalue weighted by Gasteiger charge is -2.26. The van der Waals surface area contributed by atoms with Gasteiger partial charge in [-0.25, -0.2) is 0 Å². The van der Waals surface area contributed by atoms with Crippen LogP contribution in [0.5, 0.6) is 0 Å². The number of aryl methyl sites for hydroxylation is 1. The number of halogens is 1. The molecule has 1 heterocycles. The van der Waals surface area contributed by atoms with Crippen LogP contribution < -0.4 is 4.90 Å². The Morgan fingerprint density at radius 1 is 0.839 bits per heavy atom. The third kappa shape index (κ3) is 5.43. The van der Waals surface area contributed by atoms with Crippen LogP contribution >= 0.6 is 27.3 Å². The van der Waals surface area contributed by atoms with Gasteiger partial charge in [0.2, 0.25) is 0 Å². The molecule has 0 N–H and O–H groups in total. The maximum absolute atomic E-state index is 10.3. The highest BCUT2D eigenvalue weighted by Gasteiger charge is 2.13. The van der Waals surface area contributed by atoms with E-state index in [4.69, 9.17) is 4.74 Å². The summed E-state index contributed by atoms with van der Waals surface area (Å²) >= 11 is 5.28. The SMILES string of the molecule is O=COCCCc1ccc(N(c2ccc(Br)cc2)c2ccc(-c3cccs3)cc2)cc1. The summed E-state index contributed by atoms with van der Waals surface area (Å²) in [7, 11) is 0. The molecular formula is C26H22BrNO2S. The lowest BCUT2D eigenvalue weighted by Crippen LogP contribution is -2.09. The average Bonchev–Trinajstić information content (AvgIpc) is 3.35. The quantitative estimate of drug-likeness (QED) is 0.177. The van der Waals surface area contributed by atoms with Crippen molar-refractivity contribution in [2.24, 2.45) is 0 Å². The van der Waals surface area contributed by atoms with Crippen LogP contribution in [0, 0.1) is 0 Å². The first-order valence-corrected chi connectivity index (χ1v) is 11.8. The molecule has 0 amide bonds. The fourth-order valence-electron chi connectivity index (χ4n) is 3.47. The van der Waals surface area contributed by atoms with Gasteiger partial charge in [0.15, 0.2) is 0 Å². The number of rotatable bonds is 9. The van der Waals surface area contributed by atoms with E-state index >= 15 is 0 Å². The van der Waals surface area contributed by atoms with Gasteiger partial charge >= 0.3 is 0 Å². The third-order valence-corrected chi connectivity index (χ3v) is 6.45. The Hall–Kier alpha value is -2.89. The molecule has 3 aromatic carbocycles. The van der Waals surface area contributed by atoms with Gasteiger partial charge in [0.25, 0.3) is 6.47 Å². The molecule has 31 heavy (non-hydrogen) atoms. The van der Waals surface area contributed by atoms with Crippen molar-refractivity contribution in [2.45, 2.75) is 12.8 Å². The molecule has 0 fully saturated rings. The van der Waals surface area contributed by atoms with E-state index in [9.17, 15) is 4.79 Å². The summed E-state index contributed by atoms with van der Waals surface area (Å²) in [6, 6.07) is 29.8. The molecular weight excluding hydrogens is 470 g/mol. The Morgan fingerprint density at radius 2 is 1.45 bits per heavy atom. The van der Waals surface area contributed by atoms with Crippen molar-refractivity contribution in [3.8, 4) is 10.4 Å². The van der Waals surface area contributed by atoms with Gasteiger partial charge in [-0.2, -0.15) is 0 Å². The van der Waals surface area contributed by atoms with Gasteiger partial charge in [0.05, 0.1) is 6.61 Å². The van der Waals surface area contributed by atoms with Gasteiger partial charge in [-0.3, -0.25) is 4.79 Å². The Balaban J connectivity index is 1.62. The molecule has 0 radical (unpaired) electrons. The summed E-state index contributed by atoms with van der Waals surface area (Å²) in [5.41, 5.74) is 5.75. The first-order valence-electron chi connectivity index (χ1n) is 10.1. The molecule has 4 rings (SSSR count). The lowest BCUT2D eigenvalue weighted by atomic mass is 10.1. The molecule has 0 unspecified atom stereocenters. The number of ether oxygens (including phenoxy) is 1. The van der Waals surface area contributed by atoms with Crippen LogP contribution in [-0.2, 0) is 16.0 Å². The minimum absolute atomic E-state index is 0.451. The van der Waals surface area contributed by atoms with Gasteiger partial charge in [-0.05, 0) is 83.9 Å². The monoisotopic (exact) mass is 491 g/mol. The van der Waals surface area contributed by atoms with Gasteiger partial charge in [-0.15, -0.1) is 11.3 Å². The number of nitrogens with zero attached hydrogens (tertiary/aromatic N) is 1. The molecule has 4 aromatic rings. The van der Waals surface area contributed by atoms with Crippen LogP contribution in [0.2, 0.25) is 0 Å². The van der Waals surface area contributed by atoms with Crippen LogP contribution in [0.4, 0.5) is 17.1 Å². The highest BCUT2D eigenvalue weighted by atomic mass is 79.9. The normalized spacial score (nSPS) is 10.6. The highest BCUT2D eigenvalue weighted by molar-refractivity contribution is 9.10. The third-order valence-electron chi connectivity index (χ3n) is 5.01. The molecule has 1 aromatic heterocycles. The second-order valence-corrected chi connectivity index (χ2v) is 8.94. The van der Waals surface area contributed by atoms with Gasteiger partial charge in [0.1, 0.15) is 0 Å². The zero-order valence-corrected chi connectivity index (χ0v) is 19.3. The number of benzene rings is 3. The molecule has 5 heteroatoms. The molecule has 3 nitrogen and oxygen atoms in total. The molecule has 0 bridgehead atoms. The molecule has 0 spiro atoms. The van der Waals surface area contributed by atoms with E-state index in [1.807, 2.05) is 0 Å².